The molecule has 0 aliphatic carbocycles. The van der Waals surface area contributed by atoms with Crippen molar-refractivity contribution in [3.63, 3.8) is 0 Å². The zero-order valence-corrected chi connectivity index (χ0v) is 53.6. The van der Waals surface area contributed by atoms with Gasteiger partial charge in [-0.25, -0.2) is 0 Å². The molecule has 0 aliphatic rings. The summed E-state index contributed by atoms with van der Waals surface area (Å²) in [6, 6.07) is 0. The zero-order valence-electron chi connectivity index (χ0n) is 53.6. The van der Waals surface area contributed by atoms with Crippen LogP contribution >= 0.6 is 0 Å². The molecule has 0 bridgehead atoms. The van der Waals surface area contributed by atoms with Crippen molar-refractivity contribution in [3.05, 3.63) is 60.8 Å². The van der Waals surface area contributed by atoms with Crippen molar-refractivity contribution in [2.75, 3.05) is 13.2 Å². The maximum atomic E-state index is 12.9. The quantitative estimate of drug-likeness (QED) is 0.0261. The summed E-state index contributed by atoms with van der Waals surface area (Å²) in [4.78, 5) is 38.4. The highest BCUT2D eigenvalue weighted by molar-refractivity contribution is 5.71. The van der Waals surface area contributed by atoms with Gasteiger partial charge in [0.05, 0.1) is 0 Å². The second kappa shape index (κ2) is 68.6. The van der Waals surface area contributed by atoms with Crippen LogP contribution < -0.4 is 0 Å². The number of hydrogen-bond acceptors (Lipinski definition) is 6. The first-order valence-electron chi connectivity index (χ1n) is 35.3. The van der Waals surface area contributed by atoms with Crippen molar-refractivity contribution in [3.8, 4) is 0 Å². The smallest absolute Gasteiger partial charge is 0.306 e. The molecule has 1 atom stereocenters. The van der Waals surface area contributed by atoms with Crippen LogP contribution in [0, 0.1) is 0 Å². The van der Waals surface area contributed by atoms with E-state index in [-0.39, 0.29) is 31.1 Å². The molecule has 0 radical (unpaired) electrons. The van der Waals surface area contributed by atoms with E-state index in [9.17, 15) is 14.4 Å². The average Bonchev–Trinajstić information content (AvgIpc) is 3.46. The lowest BCUT2D eigenvalue weighted by atomic mass is 10.0. The van der Waals surface area contributed by atoms with Crippen LogP contribution in [-0.4, -0.2) is 37.2 Å². The molecule has 466 valence electrons. The van der Waals surface area contributed by atoms with Gasteiger partial charge in [0.25, 0.3) is 0 Å². The van der Waals surface area contributed by atoms with Crippen LogP contribution in [0.25, 0.3) is 0 Å². The maximum Gasteiger partial charge on any atom is 0.306 e. The van der Waals surface area contributed by atoms with E-state index in [1.54, 1.807) is 0 Å². The molecule has 0 spiro atoms. The Morgan fingerprint density at radius 2 is 0.450 bits per heavy atom. The third-order valence-corrected chi connectivity index (χ3v) is 15.7. The Morgan fingerprint density at radius 3 is 0.713 bits per heavy atom. The number of allylic oxidation sites excluding steroid dienone is 10. The normalized spacial score (nSPS) is 12.4. The highest BCUT2D eigenvalue weighted by atomic mass is 16.6. The second-order valence-electron chi connectivity index (χ2n) is 23.8. The van der Waals surface area contributed by atoms with Crippen LogP contribution in [0.5, 0.6) is 0 Å². The third kappa shape index (κ3) is 65.9. The van der Waals surface area contributed by atoms with Gasteiger partial charge in [0, 0.05) is 19.3 Å². The summed E-state index contributed by atoms with van der Waals surface area (Å²) in [5.41, 5.74) is 0. The molecule has 6 nitrogen and oxygen atoms in total. The summed E-state index contributed by atoms with van der Waals surface area (Å²) >= 11 is 0. The highest BCUT2D eigenvalue weighted by Gasteiger charge is 2.19. The van der Waals surface area contributed by atoms with Crippen LogP contribution in [-0.2, 0) is 28.6 Å². The number of carbonyl (C=O) groups excluding carboxylic acids is 3. The Hall–Kier alpha value is -2.89. The Bertz CT molecular complexity index is 1430. The molecule has 80 heavy (non-hydrogen) atoms. The van der Waals surface area contributed by atoms with E-state index >= 15 is 0 Å². The van der Waals surface area contributed by atoms with Crippen LogP contribution in [0.3, 0.4) is 0 Å². The molecule has 0 amide bonds. The summed E-state index contributed by atoms with van der Waals surface area (Å²) in [7, 11) is 0. The van der Waals surface area contributed by atoms with E-state index in [0.717, 1.165) is 83.5 Å². The first kappa shape index (κ1) is 77.1. The Kier molecular flexibility index (Phi) is 66.1. The lowest BCUT2D eigenvalue weighted by Crippen LogP contribution is -2.30. The number of unbranched alkanes of at least 4 members (excludes halogenated alkanes) is 44. The van der Waals surface area contributed by atoms with Gasteiger partial charge < -0.3 is 14.2 Å². The van der Waals surface area contributed by atoms with Gasteiger partial charge in [-0.1, -0.05) is 306 Å². The van der Waals surface area contributed by atoms with Crippen molar-refractivity contribution in [1.82, 2.24) is 0 Å². The van der Waals surface area contributed by atoms with Crippen molar-refractivity contribution in [1.29, 1.82) is 0 Å². The molecular weight excluding hydrogens is 985 g/mol. The molecule has 6 heteroatoms. The summed E-state index contributed by atoms with van der Waals surface area (Å²) in [6.07, 6.45) is 88.2. The van der Waals surface area contributed by atoms with Crippen LogP contribution in [0.2, 0.25) is 0 Å². The molecule has 0 fully saturated rings. The number of rotatable bonds is 65. The molecule has 0 aliphatic heterocycles. The minimum atomic E-state index is -0.781. The van der Waals surface area contributed by atoms with E-state index in [0.29, 0.717) is 19.3 Å². The fourth-order valence-electron chi connectivity index (χ4n) is 10.4. The van der Waals surface area contributed by atoms with Crippen molar-refractivity contribution < 1.29 is 28.6 Å². The highest BCUT2D eigenvalue weighted by Crippen LogP contribution is 2.18. The molecule has 0 heterocycles. The van der Waals surface area contributed by atoms with Gasteiger partial charge in [0.15, 0.2) is 6.10 Å². The number of carbonyl (C=O) groups is 3. The molecule has 0 rings (SSSR count). The minimum Gasteiger partial charge on any atom is -0.462 e. The van der Waals surface area contributed by atoms with E-state index < -0.39 is 6.10 Å². The number of ether oxygens (including phenoxy) is 3. The van der Waals surface area contributed by atoms with E-state index in [1.165, 1.54) is 250 Å². The van der Waals surface area contributed by atoms with Gasteiger partial charge in [-0.3, -0.25) is 14.4 Å². The first-order valence-corrected chi connectivity index (χ1v) is 35.3. The zero-order chi connectivity index (χ0) is 57.8. The van der Waals surface area contributed by atoms with Crippen LogP contribution in [0.15, 0.2) is 60.8 Å². The number of hydrogen-bond donors (Lipinski definition) is 0. The van der Waals surface area contributed by atoms with Crippen LogP contribution in [0.4, 0.5) is 0 Å². The van der Waals surface area contributed by atoms with E-state index in [1.807, 2.05) is 0 Å². The van der Waals surface area contributed by atoms with Crippen molar-refractivity contribution in [2.45, 2.75) is 380 Å². The molecule has 1 unspecified atom stereocenters. The standard InChI is InChI=1S/C74H134O6/c1-4-7-10-13-16-19-22-25-27-29-31-32-33-34-35-36-37-38-39-40-41-42-43-45-46-49-52-55-58-61-64-67-73(76)79-70-71(69-78-72(75)66-63-60-57-54-51-48-24-21-18-15-12-9-6-3)80-74(77)68-65-62-59-56-53-50-47-44-30-28-26-23-20-17-14-11-8-5-2/h20-25,28-31,71H,4-19,26-27,32-70H2,1-3H3/b23-20-,24-21-,25-22-,30-28-,31-29-. The largest absolute Gasteiger partial charge is 0.462 e. The second-order valence-corrected chi connectivity index (χ2v) is 23.8. The van der Waals surface area contributed by atoms with Gasteiger partial charge in [-0.2, -0.15) is 0 Å². The van der Waals surface area contributed by atoms with Crippen molar-refractivity contribution >= 4 is 17.9 Å². The average molecular weight is 1120 g/mol. The summed E-state index contributed by atoms with van der Waals surface area (Å²) in [6.45, 7) is 6.64. The fraction of sp³-hybridized carbons (Fsp3) is 0.824. The Labute approximate surface area is 498 Å². The van der Waals surface area contributed by atoms with Gasteiger partial charge in [-0.15, -0.1) is 0 Å². The van der Waals surface area contributed by atoms with Gasteiger partial charge in [0.2, 0.25) is 0 Å². The SMILES string of the molecule is CCCCCC/C=C\C/C=C\CCCCCCCCCC(=O)OC(COC(=O)CCCCCCC/C=C\CCCCCC)COC(=O)CCCCCCCCCCCCCCCCCCCCC/C=C\C/C=C\CCCCCCC. The molecule has 0 N–H and O–H groups in total. The molecule has 0 aromatic heterocycles. The molecule has 0 saturated carbocycles. The van der Waals surface area contributed by atoms with E-state index in [2.05, 4.69) is 81.5 Å². The predicted octanol–water partition coefficient (Wildman–Crippen LogP) is 24.3. The summed E-state index contributed by atoms with van der Waals surface area (Å²) in [5.74, 6) is -0.872. The monoisotopic (exact) mass is 1120 g/mol. The lowest BCUT2D eigenvalue weighted by molar-refractivity contribution is -0.167. The van der Waals surface area contributed by atoms with Gasteiger partial charge in [0.1, 0.15) is 13.2 Å². The Morgan fingerprint density at radius 1 is 0.250 bits per heavy atom. The molecule has 0 aromatic carbocycles. The molecule has 0 aromatic rings. The lowest BCUT2D eigenvalue weighted by Gasteiger charge is -2.18. The fourth-order valence-corrected chi connectivity index (χ4v) is 10.4. The number of esters is 3. The maximum absolute atomic E-state index is 12.9. The topological polar surface area (TPSA) is 78.9 Å². The molecular formula is C74H134O6. The summed E-state index contributed by atoms with van der Waals surface area (Å²) in [5, 5.41) is 0. The van der Waals surface area contributed by atoms with Crippen LogP contribution in [0.1, 0.15) is 374 Å². The molecule has 0 saturated heterocycles. The van der Waals surface area contributed by atoms with Crippen molar-refractivity contribution in [2.24, 2.45) is 0 Å². The third-order valence-electron chi connectivity index (χ3n) is 15.7. The van der Waals surface area contributed by atoms with E-state index in [4.69, 9.17) is 14.2 Å². The van der Waals surface area contributed by atoms with Gasteiger partial charge >= 0.3 is 17.9 Å². The summed E-state index contributed by atoms with van der Waals surface area (Å²) < 4.78 is 17.0. The minimum absolute atomic E-state index is 0.0765. The predicted molar refractivity (Wildman–Crippen MR) is 348 cm³/mol. The Balaban J connectivity index is 4.18. The first-order chi connectivity index (χ1) is 39.5. The van der Waals surface area contributed by atoms with Gasteiger partial charge in [-0.05, 0) is 109 Å².